The van der Waals surface area contributed by atoms with Gasteiger partial charge in [0, 0.05) is 0 Å². The van der Waals surface area contributed by atoms with Crippen molar-refractivity contribution in [1.82, 2.24) is 0 Å². The van der Waals surface area contributed by atoms with Crippen LogP contribution in [0.5, 0.6) is 0 Å². The normalized spacial score (nSPS) is 9.13. The van der Waals surface area contributed by atoms with Gasteiger partial charge < -0.3 is 0 Å². The van der Waals surface area contributed by atoms with Crippen LogP contribution in [0.25, 0.3) is 5.57 Å². The quantitative estimate of drug-likeness (QED) is 0.657. The van der Waals surface area contributed by atoms with Crippen molar-refractivity contribution in [2.24, 2.45) is 0 Å². The molecule has 1 aromatic rings. The number of aryl methyl sites for hydroxylation is 1. The zero-order chi connectivity index (χ0) is 11.8. The average molecular weight is 208 g/mol. The van der Waals surface area contributed by atoms with Gasteiger partial charge in [-0.2, -0.15) is 0 Å². The molecular formula is C14H21F. The Hall–Kier alpha value is -1.11. The van der Waals surface area contributed by atoms with Crippen molar-refractivity contribution in [3.8, 4) is 0 Å². The van der Waals surface area contributed by atoms with E-state index in [1.807, 2.05) is 20.8 Å². The fourth-order valence-corrected chi connectivity index (χ4v) is 1.41. The molecule has 0 amide bonds. The summed E-state index contributed by atoms with van der Waals surface area (Å²) in [7, 11) is 0. The van der Waals surface area contributed by atoms with Crippen LogP contribution in [0.3, 0.4) is 0 Å². The number of halogens is 1. The van der Waals surface area contributed by atoms with Crippen LogP contribution in [0.4, 0.5) is 4.39 Å². The highest BCUT2D eigenvalue weighted by molar-refractivity contribution is 5.66. The summed E-state index contributed by atoms with van der Waals surface area (Å²) >= 11 is 0. The molecule has 84 valence electrons. The molecule has 1 aromatic carbocycles. The number of rotatable bonds is 3. The Morgan fingerprint density at radius 3 is 2.47 bits per heavy atom. The summed E-state index contributed by atoms with van der Waals surface area (Å²) in [5.41, 5.74) is 3.08. The minimum Gasteiger partial charge on any atom is -0.207 e. The maximum Gasteiger partial charge on any atom is 0.123 e. The van der Waals surface area contributed by atoms with Crippen molar-refractivity contribution in [3.63, 3.8) is 0 Å². The van der Waals surface area contributed by atoms with Crippen LogP contribution in [0.2, 0.25) is 0 Å². The molecule has 0 radical (unpaired) electrons. The van der Waals surface area contributed by atoms with E-state index in [-0.39, 0.29) is 5.82 Å². The second-order valence-electron chi connectivity index (χ2n) is 3.31. The lowest BCUT2D eigenvalue weighted by molar-refractivity contribution is 0.626. The van der Waals surface area contributed by atoms with E-state index < -0.39 is 0 Å². The summed E-state index contributed by atoms with van der Waals surface area (Å²) in [6.07, 6.45) is 1.99. The first kappa shape index (κ1) is 13.9. The van der Waals surface area contributed by atoms with Gasteiger partial charge in [0.2, 0.25) is 0 Å². The van der Waals surface area contributed by atoms with E-state index in [0.717, 1.165) is 29.5 Å². The Kier molecular flexibility index (Phi) is 6.68. The molecular weight excluding hydrogens is 187 g/mol. The lowest BCUT2D eigenvalue weighted by atomic mass is 9.98. The van der Waals surface area contributed by atoms with E-state index in [9.17, 15) is 4.39 Å². The van der Waals surface area contributed by atoms with Crippen molar-refractivity contribution in [1.29, 1.82) is 0 Å². The Labute approximate surface area is 92.8 Å². The minimum atomic E-state index is -0.183. The molecule has 0 aromatic heterocycles. The van der Waals surface area contributed by atoms with Crippen molar-refractivity contribution in [3.05, 3.63) is 41.7 Å². The number of hydrogen-bond acceptors (Lipinski definition) is 0. The molecule has 0 bridgehead atoms. The Morgan fingerprint density at radius 2 is 1.93 bits per heavy atom. The molecule has 15 heavy (non-hydrogen) atoms. The predicted octanol–water partition coefficient (Wildman–Crippen LogP) is 4.97. The Bertz CT molecular complexity index is 313. The van der Waals surface area contributed by atoms with Gasteiger partial charge in [-0.1, -0.05) is 39.8 Å². The molecule has 0 aliphatic rings. The van der Waals surface area contributed by atoms with Crippen LogP contribution >= 0.6 is 0 Å². The fraction of sp³-hybridized carbons (Fsp3) is 0.429. The molecule has 0 saturated carbocycles. The van der Waals surface area contributed by atoms with E-state index in [1.54, 1.807) is 12.1 Å². The molecule has 0 spiro atoms. The fourth-order valence-electron chi connectivity index (χ4n) is 1.41. The zero-order valence-electron chi connectivity index (χ0n) is 10.2. The van der Waals surface area contributed by atoms with Crippen molar-refractivity contribution in [2.75, 3.05) is 0 Å². The molecule has 0 heterocycles. The van der Waals surface area contributed by atoms with Crippen LogP contribution in [0, 0.1) is 12.7 Å². The van der Waals surface area contributed by atoms with E-state index in [0.29, 0.717) is 0 Å². The molecule has 0 N–H and O–H groups in total. The summed E-state index contributed by atoms with van der Waals surface area (Å²) in [4.78, 5) is 0. The summed E-state index contributed by atoms with van der Waals surface area (Å²) in [6.45, 7) is 12.0. The molecule has 0 saturated heterocycles. The highest BCUT2D eigenvalue weighted by Gasteiger charge is 2.03. The summed E-state index contributed by atoms with van der Waals surface area (Å²) < 4.78 is 12.9. The van der Waals surface area contributed by atoms with Crippen molar-refractivity contribution >= 4 is 5.57 Å². The molecule has 0 aliphatic carbocycles. The first-order valence-corrected chi connectivity index (χ1v) is 5.59. The SMILES string of the molecule is C=C(CCC)c1cc(F)ccc1C.CC. The minimum absolute atomic E-state index is 0.183. The second kappa shape index (κ2) is 7.22. The molecule has 1 rings (SSSR count). The maximum atomic E-state index is 12.9. The summed E-state index contributed by atoms with van der Waals surface area (Å²) in [5.74, 6) is -0.183. The predicted molar refractivity (Wildman–Crippen MR) is 66.4 cm³/mol. The third-order valence-corrected chi connectivity index (χ3v) is 2.13. The number of benzene rings is 1. The zero-order valence-corrected chi connectivity index (χ0v) is 10.2. The summed E-state index contributed by atoms with van der Waals surface area (Å²) in [5, 5.41) is 0. The maximum absolute atomic E-state index is 12.9. The van der Waals surface area contributed by atoms with Gasteiger partial charge in [0.15, 0.2) is 0 Å². The second-order valence-corrected chi connectivity index (χ2v) is 3.31. The third kappa shape index (κ3) is 4.28. The van der Waals surface area contributed by atoms with Gasteiger partial charge in [0.25, 0.3) is 0 Å². The van der Waals surface area contributed by atoms with Crippen molar-refractivity contribution < 1.29 is 4.39 Å². The first-order valence-electron chi connectivity index (χ1n) is 5.59. The van der Waals surface area contributed by atoms with Gasteiger partial charge in [-0.3, -0.25) is 0 Å². The van der Waals surface area contributed by atoms with Gasteiger partial charge in [-0.15, -0.1) is 0 Å². The topological polar surface area (TPSA) is 0 Å². The average Bonchev–Trinajstić information content (AvgIpc) is 2.25. The standard InChI is InChI=1S/C12H15F.C2H6/c1-4-5-9(2)12-8-11(13)7-6-10(12)3;1-2/h6-8H,2,4-5H2,1,3H3;1-2H3. The van der Waals surface area contributed by atoms with E-state index in [2.05, 4.69) is 13.5 Å². The largest absolute Gasteiger partial charge is 0.207 e. The molecule has 0 nitrogen and oxygen atoms in total. The van der Waals surface area contributed by atoms with Gasteiger partial charge in [0.1, 0.15) is 5.82 Å². The van der Waals surface area contributed by atoms with Crippen LogP contribution in [0.15, 0.2) is 24.8 Å². The van der Waals surface area contributed by atoms with Gasteiger partial charge in [-0.05, 0) is 42.2 Å². The molecule has 1 heteroatoms. The smallest absolute Gasteiger partial charge is 0.123 e. The first-order chi connectivity index (χ1) is 7.15. The van der Waals surface area contributed by atoms with Gasteiger partial charge in [0.05, 0.1) is 0 Å². The Morgan fingerprint density at radius 1 is 1.33 bits per heavy atom. The van der Waals surface area contributed by atoms with Crippen LogP contribution in [0.1, 0.15) is 44.7 Å². The Balaban J connectivity index is 0.000000921. The molecule has 0 atom stereocenters. The van der Waals surface area contributed by atoms with Crippen LogP contribution < -0.4 is 0 Å². The summed E-state index contributed by atoms with van der Waals surface area (Å²) in [6, 6.07) is 4.84. The molecule has 0 unspecified atom stereocenters. The van der Waals surface area contributed by atoms with Crippen LogP contribution in [-0.4, -0.2) is 0 Å². The van der Waals surface area contributed by atoms with E-state index in [4.69, 9.17) is 0 Å². The van der Waals surface area contributed by atoms with Crippen molar-refractivity contribution in [2.45, 2.75) is 40.5 Å². The van der Waals surface area contributed by atoms with E-state index in [1.165, 1.54) is 6.07 Å². The lowest BCUT2D eigenvalue weighted by Gasteiger charge is -2.07. The van der Waals surface area contributed by atoms with Crippen LogP contribution in [-0.2, 0) is 0 Å². The highest BCUT2D eigenvalue weighted by atomic mass is 19.1. The lowest BCUT2D eigenvalue weighted by Crippen LogP contribution is -1.89. The number of hydrogen-bond donors (Lipinski definition) is 0. The third-order valence-electron chi connectivity index (χ3n) is 2.13. The molecule has 0 aliphatic heterocycles. The number of allylic oxidation sites excluding steroid dienone is 1. The van der Waals surface area contributed by atoms with E-state index >= 15 is 0 Å². The van der Waals surface area contributed by atoms with Gasteiger partial charge >= 0.3 is 0 Å². The van der Waals surface area contributed by atoms with Gasteiger partial charge in [-0.25, -0.2) is 4.39 Å². The highest BCUT2D eigenvalue weighted by Crippen LogP contribution is 2.22. The monoisotopic (exact) mass is 208 g/mol. The molecule has 0 fully saturated rings.